The van der Waals surface area contributed by atoms with Gasteiger partial charge in [0.2, 0.25) is 0 Å². The molecule has 0 spiro atoms. The molecule has 1 aliphatic carbocycles. The molecule has 0 aromatic heterocycles. The Morgan fingerprint density at radius 1 is 1.38 bits per heavy atom. The average Bonchev–Trinajstić information content (AvgIpc) is 2.53. The number of benzene rings is 1. The van der Waals surface area contributed by atoms with Crippen molar-refractivity contribution in [2.45, 2.75) is 40.5 Å². The van der Waals surface area contributed by atoms with Gasteiger partial charge in [-0.05, 0) is 63.7 Å². The molecule has 1 aromatic carbocycles. The number of allylic oxidation sites excluding steroid dienone is 3. The lowest BCUT2D eigenvalue weighted by molar-refractivity contribution is -0.123. The second kappa shape index (κ2) is 7.95. The Morgan fingerprint density at radius 3 is 2.79 bits per heavy atom. The molecule has 128 valence electrons. The fraction of sp³-hybridized carbons (Fsp3) is 0.400. The summed E-state index contributed by atoms with van der Waals surface area (Å²) in [6.07, 6.45) is 3.96. The van der Waals surface area contributed by atoms with E-state index in [-0.39, 0.29) is 12.5 Å². The SMILES string of the molecule is C=C(C)C1CC=C(C)C(=NNC(=O)COc2ccc(C)cc2C)C1. The van der Waals surface area contributed by atoms with E-state index >= 15 is 0 Å². The fourth-order valence-electron chi connectivity index (χ4n) is 2.69. The third kappa shape index (κ3) is 4.82. The molecule has 1 aromatic rings. The summed E-state index contributed by atoms with van der Waals surface area (Å²) in [5, 5.41) is 4.27. The van der Waals surface area contributed by atoms with E-state index in [0.717, 1.165) is 41.0 Å². The van der Waals surface area contributed by atoms with Crippen LogP contribution in [0, 0.1) is 19.8 Å². The second-order valence-electron chi connectivity index (χ2n) is 6.52. The van der Waals surface area contributed by atoms with Gasteiger partial charge in [0.15, 0.2) is 6.61 Å². The number of hydrogen-bond acceptors (Lipinski definition) is 3. The maximum Gasteiger partial charge on any atom is 0.277 e. The normalized spacial score (nSPS) is 18.9. The molecule has 1 N–H and O–H groups in total. The number of aryl methyl sites for hydroxylation is 2. The largest absolute Gasteiger partial charge is 0.483 e. The number of nitrogens with zero attached hydrogens (tertiary/aromatic N) is 1. The molecule has 24 heavy (non-hydrogen) atoms. The topological polar surface area (TPSA) is 50.7 Å². The lowest BCUT2D eigenvalue weighted by atomic mass is 9.85. The molecule has 0 saturated heterocycles. The van der Waals surface area contributed by atoms with Gasteiger partial charge in [-0.2, -0.15) is 5.10 Å². The summed E-state index contributed by atoms with van der Waals surface area (Å²) in [6, 6.07) is 5.88. The third-order valence-corrected chi connectivity index (χ3v) is 4.31. The summed E-state index contributed by atoms with van der Waals surface area (Å²) in [6.45, 7) is 12.0. The van der Waals surface area contributed by atoms with E-state index < -0.39 is 0 Å². The van der Waals surface area contributed by atoms with Gasteiger partial charge >= 0.3 is 0 Å². The van der Waals surface area contributed by atoms with Crippen molar-refractivity contribution >= 4 is 11.6 Å². The molecule has 0 heterocycles. The average molecular weight is 326 g/mol. The summed E-state index contributed by atoms with van der Waals surface area (Å²) in [5.74, 6) is 0.864. The number of hydrazone groups is 1. The first kappa shape index (κ1) is 18.0. The van der Waals surface area contributed by atoms with Crippen LogP contribution < -0.4 is 10.2 Å². The van der Waals surface area contributed by atoms with Gasteiger partial charge in [-0.1, -0.05) is 35.9 Å². The molecule has 4 heteroatoms. The zero-order valence-electron chi connectivity index (χ0n) is 15.0. The highest BCUT2D eigenvalue weighted by atomic mass is 16.5. The molecule has 1 aliphatic rings. The van der Waals surface area contributed by atoms with Crippen LogP contribution in [0.2, 0.25) is 0 Å². The number of amides is 1. The first-order chi connectivity index (χ1) is 11.4. The van der Waals surface area contributed by atoms with Gasteiger partial charge in [-0.25, -0.2) is 5.43 Å². The van der Waals surface area contributed by atoms with Crippen LogP contribution in [0.15, 0.2) is 47.1 Å². The number of carbonyl (C=O) groups excluding carboxylic acids is 1. The van der Waals surface area contributed by atoms with Crippen LogP contribution in [0.1, 0.15) is 37.8 Å². The summed E-state index contributed by atoms with van der Waals surface area (Å²) in [4.78, 5) is 12.0. The van der Waals surface area contributed by atoms with Crippen LogP contribution in [0.4, 0.5) is 0 Å². The monoisotopic (exact) mass is 326 g/mol. The number of ether oxygens (including phenoxy) is 1. The molecule has 0 saturated carbocycles. The Balaban J connectivity index is 1.91. The van der Waals surface area contributed by atoms with Gasteiger partial charge in [0.1, 0.15) is 5.75 Å². The number of nitrogens with one attached hydrogen (secondary N) is 1. The van der Waals surface area contributed by atoms with E-state index in [1.165, 1.54) is 5.56 Å². The molecule has 4 nitrogen and oxygen atoms in total. The molecule has 2 rings (SSSR count). The first-order valence-electron chi connectivity index (χ1n) is 8.24. The van der Waals surface area contributed by atoms with Crippen molar-refractivity contribution in [1.29, 1.82) is 0 Å². The Labute approximate surface area is 144 Å². The van der Waals surface area contributed by atoms with Gasteiger partial charge in [0.25, 0.3) is 5.91 Å². The lowest BCUT2D eigenvalue weighted by Crippen LogP contribution is -2.27. The van der Waals surface area contributed by atoms with Gasteiger partial charge in [0.05, 0.1) is 5.71 Å². The first-order valence-corrected chi connectivity index (χ1v) is 8.24. The van der Waals surface area contributed by atoms with Crippen molar-refractivity contribution in [3.05, 3.63) is 53.1 Å². The predicted molar refractivity (Wildman–Crippen MR) is 98.3 cm³/mol. The minimum atomic E-state index is -0.257. The van der Waals surface area contributed by atoms with E-state index in [1.54, 1.807) is 0 Å². The smallest absolute Gasteiger partial charge is 0.277 e. The summed E-state index contributed by atoms with van der Waals surface area (Å²) < 4.78 is 5.57. The van der Waals surface area contributed by atoms with E-state index in [0.29, 0.717) is 5.92 Å². The van der Waals surface area contributed by atoms with Crippen molar-refractivity contribution in [2.24, 2.45) is 11.0 Å². The Morgan fingerprint density at radius 2 is 2.12 bits per heavy atom. The molecule has 1 atom stereocenters. The van der Waals surface area contributed by atoms with Gasteiger partial charge in [0, 0.05) is 0 Å². The van der Waals surface area contributed by atoms with E-state index in [2.05, 4.69) is 23.2 Å². The minimum absolute atomic E-state index is 0.0483. The molecule has 0 aliphatic heterocycles. The van der Waals surface area contributed by atoms with Crippen molar-refractivity contribution < 1.29 is 9.53 Å². The van der Waals surface area contributed by atoms with Crippen molar-refractivity contribution in [1.82, 2.24) is 5.43 Å². The molecule has 0 bridgehead atoms. The highest BCUT2D eigenvalue weighted by Gasteiger charge is 2.18. The van der Waals surface area contributed by atoms with Gasteiger partial charge < -0.3 is 4.74 Å². The number of rotatable bonds is 5. The van der Waals surface area contributed by atoms with E-state index in [1.807, 2.05) is 45.9 Å². The summed E-state index contributed by atoms with van der Waals surface area (Å²) in [5.41, 5.74) is 7.96. The van der Waals surface area contributed by atoms with E-state index in [9.17, 15) is 4.79 Å². The Bertz CT molecular complexity index is 702. The van der Waals surface area contributed by atoms with E-state index in [4.69, 9.17) is 4.74 Å². The maximum absolute atomic E-state index is 12.0. The second-order valence-corrected chi connectivity index (χ2v) is 6.52. The number of hydrogen-bond donors (Lipinski definition) is 1. The highest BCUT2D eigenvalue weighted by Crippen LogP contribution is 2.26. The van der Waals surface area contributed by atoms with Crippen LogP contribution in [0.3, 0.4) is 0 Å². The molecular weight excluding hydrogens is 300 g/mol. The van der Waals surface area contributed by atoms with Gasteiger partial charge in [-0.15, -0.1) is 0 Å². The molecule has 0 radical (unpaired) electrons. The van der Waals surface area contributed by atoms with Gasteiger partial charge in [-0.3, -0.25) is 4.79 Å². The Kier molecular flexibility index (Phi) is 5.96. The predicted octanol–water partition coefficient (Wildman–Crippen LogP) is 4.09. The summed E-state index contributed by atoms with van der Waals surface area (Å²) in [7, 11) is 0. The van der Waals surface area contributed by atoms with Crippen LogP contribution in [-0.2, 0) is 4.79 Å². The zero-order chi connectivity index (χ0) is 17.7. The van der Waals surface area contributed by atoms with Crippen molar-refractivity contribution in [3.8, 4) is 5.75 Å². The number of carbonyl (C=O) groups is 1. The van der Waals surface area contributed by atoms with Crippen molar-refractivity contribution in [2.75, 3.05) is 6.61 Å². The highest BCUT2D eigenvalue weighted by molar-refractivity contribution is 6.01. The molecule has 1 amide bonds. The quantitative estimate of drug-likeness (QED) is 0.654. The minimum Gasteiger partial charge on any atom is -0.483 e. The van der Waals surface area contributed by atoms with Crippen LogP contribution in [0.5, 0.6) is 5.75 Å². The third-order valence-electron chi connectivity index (χ3n) is 4.31. The zero-order valence-corrected chi connectivity index (χ0v) is 15.0. The molecular formula is C20H26N2O2. The fourth-order valence-corrected chi connectivity index (χ4v) is 2.69. The lowest BCUT2D eigenvalue weighted by Gasteiger charge is -2.22. The molecule has 0 fully saturated rings. The maximum atomic E-state index is 12.0. The van der Waals surface area contributed by atoms with Crippen LogP contribution >= 0.6 is 0 Å². The van der Waals surface area contributed by atoms with Crippen LogP contribution in [0.25, 0.3) is 0 Å². The molecule has 1 unspecified atom stereocenters. The Hall–Kier alpha value is -2.36. The van der Waals surface area contributed by atoms with Crippen molar-refractivity contribution in [3.63, 3.8) is 0 Å². The summed E-state index contributed by atoms with van der Waals surface area (Å²) >= 11 is 0. The standard InChI is InChI=1S/C20H26N2O2/c1-13(2)17-8-7-15(4)18(11-17)21-22-20(23)12-24-19-9-6-14(3)10-16(19)5/h6-7,9-10,17H,1,8,11-12H2,2-5H3,(H,22,23). The van der Waals surface area contributed by atoms with Crippen LogP contribution in [-0.4, -0.2) is 18.2 Å².